The Morgan fingerprint density at radius 2 is 1.94 bits per heavy atom. The van der Waals surface area contributed by atoms with E-state index in [0.717, 1.165) is 12.8 Å². The van der Waals surface area contributed by atoms with Crippen LogP contribution in [-0.2, 0) is 19.1 Å². The Hall–Kier alpha value is -1.65. The topological polar surface area (TPSA) is 76.5 Å². The van der Waals surface area contributed by atoms with Crippen molar-refractivity contribution in [2.45, 2.75) is 39.5 Å². The van der Waals surface area contributed by atoms with Gasteiger partial charge in [-0.25, -0.2) is 4.79 Å². The number of carbonyl (C=O) groups is 2. The maximum absolute atomic E-state index is 11.7. The van der Waals surface area contributed by atoms with Crippen molar-refractivity contribution in [2.75, 3.05) is 13.7 Å². The Morgan fingerprint density at radius 1 is 1.28 bits per heavy atom. The summed E-state index contributed by atoms with van der Waals surface area (Å²) in [6.07, 6.45) is 3.65. The standard InChI is InChI=1S/C13H21NO4/c1-4-6-7-11(14)10(13(16)18-5-2)8-9-12(15)17-3/h8,14H,4-7,9H2,1-3H3. The molecule has 0 radical (unpaired) electrons. The summed E-state index contributed by atoms with van der Waals surface area (Å²) in [7, 11) is 1.28. The molecule has 0 aliphatic rings. The van der Waals surface area contributed by atoms with Gasteiger partial charge >= 0.3 is 11.9 Å². The maximum atomic E-state index is 11.7. The van der Waals surface area contributed by atoms with Crippen LogP contribution in [0.3, 0.4) is 0 Å². The number of esters is 2. The molecule has 0 spiro atoms. The summed E-state index contributed by atoms with van der Waals surface area (Å²) in [5.41, 5.74) is 0.370. The van der Waals surface area contributed by atoms with E-state index in [0.29, 0.717) is 6.42 Å². The molecule has 1 N–H and O–H groups in total. The van der Waals surface area contributed by atoms with Crippen molar-refractivity contribution < 1.29 is 19.1 Å². The Labute approximate surface area is 108 Å². The lowest BCUT2D eigenvalue weighted by atomic mass is 10.0. The van der Waals surface area contributed by atoms with Crippen LogP contribution in [-0.4, -0.2) is 31.4 Å². The lowest BCUT2D eigenvalue weighted by Crippen LogP contribution is -2.16. The number of unbranched alkanes of at least 4 members (excludes halogenated alkanes) is 1. The largest absolute Gasteiger partial charge is 0.469 e. The SMILES string of the molecule is CCCCC(=N)C(=CCC(=O)OC)C(=O)OCC. The monoisotopic (exact) mass is 255 g/mol. The molecule has 0 rings (SSSR count). The van der Waals surface area contributed by atoms with Gasteiger partial charge in [0.2, 0.25) is 0 Å². The van der Waals surface area contributed by atoms with Gasteiger partial charge in [-0.15, -0.1) is 0 Å². The molecule has 0 bridgehead atoms. The first-order chi connectivity index (χ1) is 8.56. The van der Waals surface area contributed by atoms with Crippen LogP contribution >= 0.6 is 0 Å². The van der Waals surface area contributed by atoms with Crippen LogP contribution in [0.4, 0.5) is 0 Å². The minimum Gasteiger partial charge on any atom is -0.469 e. The molecule has 18 heavy (non-hydrogen) atoms. The number of methoxy groups -OCH3 is 1. The first-order valence-corrected chi connectivity index (χ1v) is 6.08. The van der Waals surface area contributed by atoms with Gasteiger partial charge in [0.25, 0.3) is 0 Å². The molecule has 5 nitrogen and oxygen atoms in total. The van der Waals surface area contributed by atoms with Gasteiger partial charge in [0.1, 0.15) is 0 Å². The van der Waals surface area contributed by atoms with Crippen molar-refractivity contribution in [3.63, 3.8) is 0 Å². The second kappa shape index (κ2) is 9.39. The van der Waals surface area contributed by atoms with E-state index in [1.807, 2.05) is 6.92 Å². The highest BCUT2D eigenvalue weighted by Gasteiger charge is 2.16. The highest BCUT2D eigenvalue weighted by Crippen LogP contribution is 2.09. The number of nitrogens with one attached hydrogen (secondary N) is 1. The Kier molecular flexibility index (Phi) is 8.53. The van der Waals surface area contributed by atoms with E-state index in [4.69, 9.17) is 10.1 Å². The summed E-state index contributed by atoms with van der Waals surface area (Å²) in [5.74, 6) is -0.998. The van der Waals surface area contributed by atoms with Gasteiger partial charge in [0.05, 0.1) is 25.7 Å². The smallest absolute Gasteiger partial charge is 0.339 e. The minimum absolute atomic E-state index is 0.0286. The predicted molar refractivity (Wildman–Crippen MR) is 68.6 cm³/mol. The van der Waals surface area contributed by atoms with Crippen LogP contribution in [0.5, 0.6) is 0 Å². The lowest BCUT2D eigenvalue weighted by Gasteiger charge is -2.08. The third-order valence-electron chi connectivity index (χ3n) is 2.30. The molecule has 0 unspecified atom stereocenters. The molecule has 0 heterocycles. The third kappa shape index (κ3) is 6.18. The van der Waals surface area contributed by atoms with Gasteiger partial charge in [-0.1, -0.05) is 19.4 Å². The van der Waals surface area contributed by atoms with Gasteiger partial charge in [0.15, 0.2) is 0 Å². The highest BCUT2D eigenvalue weighted by atomic mass is 16.5. The van der Waals surface area contributed by atoms with Crippen LogP contribution in [0.1, 0.15) is 39.5 Å². The summed E-state index contributed by atoms with van der Waals surface area (Å²) in [6.45, 7) is 3.95. The number of hydrogen-bond acceptors (Lipinski definition) is 5. The maximum Gasteiger partial charge on any atom is 0.339 e. The van der Waals surface area contributed by atoms with Crippen molar-refractivity contribution in [3.05, 3.63) is 11.6 Å². The van der Waals surface area contributed by atoms with Crippen molar-refractivity contribution in [1.29, 1.82) is 5.41 Å². The van der Waals surface area contributed by atoms with Gasteiger partial charge in [-0.3, -0.25) is 4.79 Å². The van der Waals surface area contributed by atoms with Crippen molar-refractivity contribution in [3.8, 4) is 0 Å². The zero-order chi connectivity index (χ0) is 14.0. The fourth-order valence-electron chi connectivity index (χ4n) is 1.30. The second-order valence-corrected chi connectivity index (χ2v) is 3.70. The Balaban J connectivity index is 4.75. The molecule has 0 saturated carbocycles. The average Bonchev–Trinajstić information content (AvgIpc) is 2.36. The van der Waals surface area contributed by atoms with Gasteiger partial charge in [-0.2, -0.15) is 0 Å². The Morgan fingerprint density at radius 3 is 2.44 bits per heavy atom. The van der Waals surface area contributed by atoms with Crippen molar-refractivity contribution in [2.24, 2.45) is 0 Å². The third-order valence-corrected chi connectivity index (χ3v) is 2.30. The van der Waals surface area contributed by atoms with Crippen molar-refractivity contribution in [1.82, 2.24) is 0 Å². The molecule has 0 aliphatic carbocycles. The van der Waals surface area contributed by atoms with Crippen LogP contribution in [0.15, 0.2) is 11.6 Å². The quantitative estimate of drug-likeness (QED) is 0.410. The molecule has 5 heteroatoms. The van der Waals surface area contributed by atoms with E-state index >= 15 is 0 Å². The number of carbonyl (C=O) groups excluding carboxylic acids is 2. The first-order valence-electron chi connectivity index (χ1n) is 6.08. The molecule has 0 aromatic heterocycles. The van der Waals surface area contributed by atoms with Gasteiger partial charge in [0, 0.05) is 5.71 Å². The van der Waals surface area contributed by atoms with E-state index < -0.39 is 11.9 Å². The summed E-state index contributed by atoms with van der Waals surface area (Å²) in [5, 5.41) is 7.84. The lowest BCUT2D eigenvalue weighted by molar-refractivity contribution is -0.139. The zero-order valence-corrected chi connectivity index (χ0v) is 11.2. The number of rotatable bonds is 8. The average molecular weight is 255 g/mol. The molecule has 0 aromatic rings. The van der Waals surface area contributed by atoms with Gasteiger partial charge < -0.3 is 14.9 Å². The van der Waals surface area contributed by atoms with E-state index in [-0.39, 0.29) is 24.3 Å². The predicted octanol–water partition coefficient (Wildman–Crippen LogP) is 2.25. The Bertz CT molecular complexity index is 334. The molecule has 0 saturated heterocycles. The highest BCUT2D eigenvalue weighted by molar-refractivity contribution is 6.18. The fourth-order valence-corrected chi connectivity index (χ4v) is 1.30. The summed E-state index contributed by atoms with van der Waals surface area (Å²) >= 11 is 0. The summed E-state index contributed by atoms with van der Waals surface area (Å²) < 4.78 is 9.37. The minimum atomic E-state index is -0.553. The molecular weight excluding hydrogens is 234 g/mol. The fraction of sp³-hybridized carbons (Fsp3) is 0.615. The van der Waals surface area contributed by atoms with E-state index in [1.165, 1.54) is 13.2 Å². The molecule has 0 fully saturated rings. The van der Waals surface area contributed by atoms with Gasteiger partial charge in [-0.05, 0) is 19.8 Å². The van der Waals surface area contributed by atoms with E-state index in [9.17, 15) is 9.59 Å². The van der Waals surface area contributed by atoms with Crippen LogP contribution < -0.4 is 0 Å². The second-order valence-electron chi connectivity index (χ2n) is 3.70. The van der Waals surface area contributed by atoms with Crippen LogP contribution in [0.2, 0.25) is 0 Å². The molecule has 0 amide bonds. The molecular formula is C13H21NO4. The van der Waals surface area contributed by atoms with Crippen molar-refractivity contribution >= 4 is 17.7 Å². The zero-order valence-electron chi connectivity index (χ0n) is 11.2. The number of hydrogen-bond donors (Lipinski definition) is 1. The van der Waals surface area contributed by atoms with Crippen LogP contribution in [0.25, 0.3) is 0 Å². The van der Waals surface area contributed by atoms with Crippen LogP contribution in [0, 0.1) is 5.41 Å². The molecule has 0 aliphatic heterocycles. The normalized spacial score (nSPS) is 10.9. The molecule has 102 valence electrons. The first kappa shape index (κ1) is 16.4. The summed E-state index contributed by atoms with van der Waals surface area (Å²) in [4.78, 5) is 22.7. The van der Waals surface area contributed by atoms with E-state index in [1.54, 1.807) is 6.92 Å². The number of ether oxygens (including phenoxy) is 2. The molecule has 0 aromatic carbocycles. The van der Waals surface area contributed by atoms with E-state index in [2.05, 4.69) is 4.74 Å². The summed E-state index contributed by atoms with van der Waals surface area (Å²) in [6, 6.07) is 0. The molecule has 0 atom stereocenters.